The molecule has 0 saturated carbocycles. The third-order valence-corrected chi connectivity index (χ3v) is 3.41. The molecule has 19 heavy (non-hydrogen) atoms. The molecule has 1 aliphatic rings. The highest BCUT2D eigenvalue weighted by atomic mass is 16.3. The molecule has 1 N–H and O–H groups in total. The summed E-state index contributed by atoms with van der Waals surface area (Å²) in [6, 6.07) is 0. The van der Waals surface area contributed by atoms with E-state index in [1.165, 1.54) is 0 Å². The second kappa shape index (κ2) is 6.89. The topological polar surface area (TPSA) is 60.9 Å². The van der Waals surface area contributed by atoms with Gasteiger partial charge in [0, 0.05) is 33.1 Å². The first kappa shape index (κ1) is 16.0. The Morgan fingerprint density at radius 2 is 2.11 bits per heavy atom. The van der Waals surface area contributed by atoms with E-state index in [9.17, 15) is 14.7 Å². The van der Waals surface area contributed by atoms with Crippen molar-refractivity contribution in [2.45, 2.75) is 39.7 Å². The Labute approximate surface area is 115 Å². The van der Waals surface area contributed by atoms with Crippen molar-refractivity contribution in [2.75, 3.05) is 26.7 Å². The molecule has 2 amide bonds. The fourth-order valence-corrected chi connectivity index (χ4v) is 2.36. The summed E-state index contributed by atoms with van der Waals surface area (Å²) in [5.41, 5.74) is 0. The van der Waals surface area contributed by atoms with Crippen molar-refractivity contribution in [3.63, 3.8) is 0 Å². The van der Waals surface area contributed by atoms with Gasteiger partial charge in [0.05, 0.1) is 12.0 Å². The minimum absolute atomic E-state index is 0.0141. The van der Waals surface area contributed by atoms with Gasteiger partial charge in [0.25, 0.3) is 0 Å². The van der Waals surface area contributed by atoms with Gasteiger partial charge >= 0.3 is 0 Å². The van der Waals surface area contributed by atoms with Gasteiger partial charge < -0.3 is 14.9 Å². The molecule has 0 bridgehead atoms. The van der Waals surface area contributed by atoms with E-state index in [1.54, 1.807) is 23.8 Å². The van der Waals surface area contributed by atoms with Crippen molar-refractivity contribution in [2.24, 2.45) is 11.8 Å². The monoisotopic (exact) mass is 270 g/mol. The minimum Gasteiger partial charge on any atom is -0.393 e. The number of likely N-dealkylation sites (tertiary alicyclic amines) is 1. The van der Waals surface area contributed by atoms with Crippen LogP contribution in [0.2, 0.25) is 0 Å². The van der Waals surface area contributed by atoms with Crippen molar-refractivity contribution in [1.29, 1.82) is 0 Å². The summed E-state index contributed by atoms with van der Waals surface area (Å²) in [5.74, 6) is 0.298. The average molecular weight is 270 g/mol. The lowest BCUT2D eigenvalue weighted by Crippen LogP contribution is -2.36. The van der Waals surface area contributed by atoms with E-state index < -0.39 is 6.10 Å². The van der Waals surface area contributed by atoms with E-state index in [1.807, 2.05) is 0 Å². The molecule has 0 aliphatic carbocycles. The number of aliphatic hydroxyl groups is 1. The number of hydrogen-bond donors (Lipinski definition) is 1. The highest BCUT2D eigenvalue weighted by Gasteiger charge is 2.35. The van der Waals surface area contributed by atoms with Crippen LogP contribution in [0.4, 0.5) is 0 Å². The maximum Gasteiger partial charge on any atom is 0.227 e. The first-order valence-electron chi connectivity index (χ1n) is 7.02. The first-order valence-corrected chi connectivity index (χ1v) is 7.02. The summed E-state index contributed by atoms with van der Waals surface area (Å²) in [6.45, 7) is 7.64. The Morgan fingerprint density at radius 1 is 1.47 bits per heavy atom. The summed E-state index contributed by atoms with van der Waals surface area (Å²) in [7, 11) is 1.74. The normalized spacial score (nSPS) is 21.1. The van der Waals surface area contributed by atoms with Gasteiger partial charge in [0.2, 0.25) is 11.8 Å². The van der Waals surface area contributed by atoms with E-state index in [0.717, 1.165) is 6.54 Å². The Morgan fingerprint density at radius 3 is 2.63 bits per heavy atom. The maximum atomic E-state index is 12.2. The Kier molecular flexibility index (Phi) is 5.79. The molecular weight excluding hydrogens is 244 g/mol. The summed E-state index contributed by atoms with van der Waals surface area (Å²) in [6.07, 6.45) is 0.487. The van der Waals surface area contributed by atoms with Crippen LogP contribution in [0.1, 0.15) is 33.6 Å². The highest BCUT2D eigenvalue weighted by molar-refractivity contribution is 5.89. The Hall–Kier alpha value is -1.10. The van der Waals surface area contributed by atoms with Crippen LogP contribution in [0.5, 0.6) is 0 Å². The summed E-state index contributed by atoms with van der Waals surface area (Å²) < 4.78 is 0. The molecule has 1 heterocycles. The fourth-order valence-electron chi connectivity index (χ4n) is 2.36. The number of rotatable bonds is 6. The summed E-state index contributed by atoms with van der Waals surface area (Å²) >= 11 is 0. The van der Waals surface area contributed by atoms with Gasteiger partial charge in [-0.3, -0.25) is 9.59 Å². The zero-order chi connectivity index (χ0) is 14.6. The van der Waals surface area contributed by atoms with Gasteiger partial charge in [-0.1, -0.05) is 13.8 Å². The van der Waals surface area contributed by atoms with E-state index in [0.29, 0.717) is 31.8 Å². The maximum absolute atomic E-state index is 12.2. The van der Waals surface area contributed by atoms with Crippen molar-refractivity contribution in [3.8, 4) is 0 Å². The summed E-state index contributed by atoms with van der Waals surface area (Å²) in [4.78, 5) is 27.4. The zero-order valence-corrected chi connectivity index (χ0v) is 12.4. The van der Waals surface area contributed by atoms with Crippen LogP contribution >= 0.6 is 0 Å². The molecule has 2 unspecified atom stereocenters. The molecule has 0 aromatic heterocycles. The van der Waals surface area contributed by atoms with Crippen LogP contribution in [0.15, 0.2) is 0 Å². The standard InChI is InChI=1S/C14H26N2O3/c1-10(2)8-16-9-12(7-13(16)18)14(19)15(4)6-5-11(3)17/h10-12,17H,5-9H2,1-4H3. The second-order valence-electron chi connectivity index (χ2n) is 5.99. The number of hydrogen-bond acceptors (Lipinski definition) is 3. The molecule has 5 heteroatoms. The average Bonchev–Trinajstić information content (AvgIpc) is 2.66. The second-order valence-corrected chi connectivity index (χ2v) is 5.99. The van der Waals surface area contributed by atoms with Gasteiger partial charge in [-0.15, -0.1) is 0 Å². The number of carbonyl (C=O) groups excluding carboxylic acids is 2. The third-order valence-electron chi connectivity index (χ3n) is 3.41. The molecule has 2 atom stereocenters. The van der Waals surface area contributed by atoms with Crippen LogP contribution in [0, 0.1) is 11.8 Å². The lowest BCUT2D eigenvalue weighted by molar-refractivity contribution is -0.134. The Balaban J connectivity index is 2.48. The van der Waals surface area contributed by atoms with E-state index in [-0.39, 0.29) is 17.7 Å². The number of aliphatic hydroxyl groups excluding tert-OH is 1. The third kappa shape index (κ3) is 4.82. The molecule has 5 nitrogen and oxygen atoms in total. The van der Waals surface area contributed by atoms with Crippen LogP contribution in [-0.4, -0.2) is 59.5 Å². The molecule has 1 fully saturated rings. The van der Waals surface area contributed by atoms with Gasteiger partial charge in [0.15, 0.2) is 0 Å². The smallest absolute Gasteiger partial charge is 0.227 e. The lowest BCUT2D eigenvalue weighted by Gasteiger charge is -2.22. The molecule has 1 rings (SSSR count). The van der Waals surface area contributed by atoms with Gasteiger partial charge in [-0.05, 0) is 19.3 Å². The van der Waals surface area contributed by atoms with Crippen LogP contribution in [0.3, 0.4) is 0 Å². The van der Waals surface area contributed by atoms with Crippen molar-refractivity contribution < 1.29 is 14.7 Å². The SMILES string of the molecule is CC(C)CN1CC(C(=O)N(C)CCC(C)O)CC1=O. The Bertz CT molecular complexity index is 329. The number of carbonyl (C=O) groups is 2. The van der Waals surface area contributed by atoms with E-state index in [2.05, 4.69) is 13.8 Å². The largest absolute Gasteiger partial charge is 0.393 e. The molecule has 0 aromatic carbocycles. The van der Waals surface area contributed by atoms with Crippen LogP contribution < -0.4 is 0 Å². The molecule has 110 valence electrons. The predicted octanol–water partition coefficient (Wildman–Crippen LogP) is 0.720. The van der Waals surface area contributed by atoms with Gasteiger partial charge in [-0.2, -0.15) is 0 Å². The molecule has 0 spiro atoms. The number of nitrogens with zero attached hydrogens (tertiary/aromatic N) is 2. The first-order chi connectivity index (χ1) is 8.81. The van der Waals surface area contributed by atoms with Crippen LogP contribution in [0.25, 0.3) is 0 Å². The molecule has 1 aliphatic heterocycles. The molecule has 1 saturated heterocycles. The van der Waals surface area contributed by atoms with Crippen molar-refractivity contribution in [1.82, 2.24) is 9.80 Å². The molecule has 0 aromatic rings. The predicted molar refractivity (Wildman–Crippen MR) is 73.5 cm³/mol. The fraction of sp³-hybridized carbons (Fsp3) is 0.857. The quantitative estimate of drug-likeness (QED) is 0.773. The van der Waals surface area contributed by atoms with E-state index in [4.69, 9.17) is 0 Å². The highest BCUT2D eigenvalue weighted by Crippen LogP contribution is 2.21. The van der Waals surface area contributed by atoms with Gasteiger partial charge in [-0.25, -0.2) is 0 Å². The molecule has 0 radical (unpaired) electrons. The van der Waals surface area contributed by atoms with Crippen molar-refractivity contribution >= 4 is 11.8 Å². The van der Waals surface area contributed by atoms with E-state index >= 15 is 0 Å². The van der Waals surface area contributed by atoms with Crippen molar-refractivity contribution in [3.05, 3.63) is 0 Å². The summed E-state index contributed by atoms with van der Waals surface area (Å²) in [5, 5.41) is 9.23. The molecular formula is C14H26N2O3. The number of amides is 2. The minimum atomic E-state index is -0.405. The van der Waals surface area contributed by atoms with Crippen LogP contribution in [-0.2, 0) is 9.59 Å². The lowest BCUT2D eigenvalue weighted by atomic mass is 10.1. The van der Waals surface area contributed by atoms with Gasteiger partial charge in [0.1, 0.15) is 0 Å². The zero-order valence-electron chi connectivity index (χ0n) is 12.4.